The van der Waals surface area contributed by atoms with Crippen molar-refractivity contribution in [3.8, 4) is 0 Å². The molecule has 20 heavy (non-hydrogen) atoms. The number of aromatic nitrogens is 3. The van der Waals surface area contributed by atoms with E-state index >= 15 is 0 Å². The average molecular weight is 279 g/mol. The van der Waals surface area contributed by atoms with Crippen molar-refractivity contribution in [2.75, 3.05) is 26.7 Å². The molecule has 1 aromatic heterocycles. The molecule has 2 fully saturated rings. The summed E-state index contributed by atoms with van der Waals surface area (Å²) in [4.78, 5) is 18.0. The number of likely N-dealkylation sites (N-methyl/N-ethyl adjacent to an activating group) is 1. The normalized spacial score (nSPS) is 28.5. The largest absolute Gasteiger partial charge is 0.391 e. The Morgan fingerprint density at radius 2 is 2.30 bits per heavy atom. The lowest BCUT2D eigenvalue weighted by Crippen LogP contribution is -2.37. The van der Waals surface area contributed by atoms with Crippen molar-refractivity contribution in [3.63, 3.8) is 0 Å². The van der Waals surface area contributed by atoms with Gasteiger partial charge in [-0.25, -0.2) is 9.67 Å². The minimum absolute atomic E-state index is 0.00994. The Bertz CT molecular complexity index is 471. The van der Waals surface area contributed by atoms with Gasteiger partial charge in [-0.15, -0.1) is 0 Å². The molecule has 2 N–H and O–H groups in total. The fraction of sp³-hybridized carbons (Fsp3) is 0.769. The first kappa shape index (κ1) is 13.5. The SMILES string of the molecule is CN1C[C@@H](CC(=O)NCC2(n3cncn3)CC2)[C@H](O)C1. The number of amides is 1. The van der Waals surface area contributed by atoms with Gasteiger partial charge in [0.15, 0.2) is 0 Å². The molecule has 0 spiro atoms. The lowest BCUT2D eigenvalue weighted by molar-refractivity contribution is -0.122. The molecule has 1 amide bonds. The van der Waals surface area contributed by atoms with Gasteiger partial charge in [0.1, 0.15) is 12.7 Å². The van der Waals surface area contributed by atoms with Crippen LogP contribution in [-0.2, 0) is 10.3 Å². The third-order valence-electron chi connectivity index (χ3n) is 4.38. The number of carbonyl (C=O) groups is 1. The van der Waals surface area contributed by atoms with Crippen LogP contribution in [0.15, 0.2) is 12.7 Å². The van der Waals surface area contributed by atoms with Crippen molar-refractivity contribution in [1.29, 1.82) is 0 Å². The second kappa shape index (κ2) is 5.14. The van der Waals surface area contributed by atoms with E-state index in [1.54, 1.807) is 6.33 Å². The lowest BCUT2D eigenvalue weighted by atomic mass is 10.0. The van der Waals surface area contributed by atoms with Crippen LogP contribution in [0.5, 0.6) is 0 Å². The van der Waals surface area contributed by atoms with Crippen LogP contribution in [0.2, 0.25) is 0 Å². The summed E-state index contributed by atoms with van der Waals surface area (Å²) in [5, 5.41) is 17.0. The van der Waals surface area contributed by atoms with Crippen molar-refractivity contribution in [1.82, 2.24) is 25.0 Å². The minimum atomic E-state index is -0.393. The van der Waals surface area contributed by atoms with E-state index in [9.17, 15) is 9.90 Å². The van der Waals surface area contributed by atoms with Gasteiger partial charge in [0, 0.05) is 32.0 Å². The second-order valence-corrected chi connectivity index (χ2v) is 6.09. The van der Waals surface area contributed by atoms with E-state index in [2.05, 4.69) is 20.3 Å². The lowest BCUT2D eigenvalue weighted by Gasteiger charge is -2.18. The molecular weight excluding hydrogens is 258 g/mol. The van der Waals surface area contributed by atoms with E-state index < -0.39 is 6.10 Å². The zero-order chi connectivity index (χ0) is 14.2. The number of carbonyl (C=O) groups excluding carboxylic acids is 1. The summed E-state index contributed by atoms with van der Waals surface area (Å²) in [5.41, 5.74) is -0.0722. The summed E-state index contributed by atoms with van der Waals surface area (Å²) in [6.45, 7) is 2.03. The van der Waals surface area contributed by atoms with Crippen molar-refractivity contribution in [3.05, 3.63) is 12.7 Å². The fourth-order valence-electron chi connectivity index (χ4n) is 2.92. The van der Waals surface area contributed by atoms with E-state index in [-0.39, 0.29) is 17.4 Å². The van der Waals surface area contributed by atoms with Crippen LogP contribution >= 0.6 is 0 Å². The Balaban J connectivity index is 1.48. The van der Waals surface area contributed by atoms with Crippen LogP contribution in [0.25, 0.3) is 0 Å². The Morgan fingerprint density at radius 3 is 2.85 bits per heavy atom. The Morgan fingerprint density at radius 1 is 1.50 bits per heavy atom. The Hall–Kier alpha value is -1.47. The summed E-state index contributed by atoms with van der Waals surface area (Å²) in [7, 11) is 1.96. The van der Waals surface area contributed by atoms with E-state index in [1.807, 2.05) is 11.7 Å². The highest BCUT2D eigenvalue weighted by Crippen LogP contribution is 2.41. The number of rotatable bonds is 5. The van der Waals surface area contributed by atoms with Gasteiger partial charge in [-0.2, -0.15) is 5.10 Å². The van der Waals surface area contributed by atoms with Gasteiger partial charge in [0.25, 0.3) is 0 Å². The summed E-state index contributed by atoms with van der Waals surface area (Å²) < 4.78 is 1.84. The van der Waals surface area contributed by atoms with Crippen molar-refractivity contribution in [2.24, 2.45) is 5.92 Å². The first-order chi connectivity index (χ1) is 9.59. The Labute approximate surface area is 118 Å². The highest BCUT2D eigenvalue weighted by Gasteiger charge is 2.45. The molecule has 0 bridgehead atoms. The molecule has 1 aromatic rings. The molecule has 1 aliphatic heterocycles. The molecule has 2 aliphatic rings. The minimum Gasteiger partial charge on any atom is -0.391 e. The number of β-amino-alcohol motifs (C(OH)–C–C–N with tert-alkyl or cyclic N) is 1. The van der Waals surface area contributed by atoms with Gasteiger partial charge in [-0.05, 0) is 19.9 Å². The van der Waals surface area contributed by atoms with Crippen LogP contribution in [0, 0.1) is 5.92 Å². The van der Waals surface area contributed by atoms with Crippen molar-refractivity contribution < 1.29 is 9.90 Å². The Kier molecular flexibility index (Phi) is 3.47. The number of aliphatic hydroxyl groups is 1. The monoisotopic (exact) mass is 279 g/mol. The van der Waals surface area contributed by atoms with Gasteiger partial charge in [-0.1, -0.05) is 0 Å². The molecular formula is C13H21N5O2. The summed E-state index contributed by atoms with van der Waals surface area (Å²) in [6, 6.07) is 0. The molecule has 2 atom stereocenters. The molecule has 1 saturated heterocycles. The molecule has 1 aliphatic carbocycles. The number of aliphatic hydroxyl groups excluding tert-OH is 1. The zero-order valence-corrected chi connectivity index (χ0v) is 11.7. The number of hydrogen-bond acceptors (Lipinski definition) is 5. The fourth-order valence-corrected chi connectivity index (χ4v) is 2.92. The molecule has 7 nitrogen and oxygen atoms in total. The van der Waals surface area contributed by atoms with E-state index in [4.69, 9.17) is 0 Å². The maximum absolute atomic E-state index is 12.0. The highest BCUT2D eigenvalue weighted by atomic mass is 16.3. The topological polar surface area (TPSA) is 83.3 Å². The van der Waals surface area contributed by atoms with Crippen LogP contribution in [0.3, 0.4) is 0 Å². The molecule has 2 heterocycles. The third kappa shape index (κ3) is 2.69. The molecule has 110 valence electrons. The van der Waals surface area contributed by atoms with E-state index in [0.29, 0.717) is 19.5 Å². The van der Waals surface area contributed by atoms with Gasteiger partial charge in [-0.3, -0.25) is 4.79 Å². The highest BCUT2D eigenvalue weighted by molar-refractivity contribution is 5.76. The predicted molar refractivity (Wildman–Crippen MR) is 71.9 cm³/mol. The standard InChI is InChI=1S/C13H21N5O2/c1-17-5-10(11(19)6-17)4-12(20)15-7-13(2-3-13)18-9-14-8-16-18/h8-11,19H,2-7H2,1H3,(H,15,20)/t10-,11-/m1/s1. The molecule has 0 aromatic carbocycles. The molecule has 0 radical (unpaired) electrons. The maximum atomic E-state index is 12.0. The number of nitrogens with zero attached hydrogens (tertiary/aromatic N) is 4. The smallest absolute Gasteiger partial charge is 0.220 e. The predicted octanol–water partition coefficient (Wildman–Crippen LogP) is -0.804. The first-order valence-electron chi connectivity index (χ1n) is 7.07. The maximum Gasteiger partial charge on any atom is 0.220 e. The molecule has 0 unspecified atom stereocenters. The van der Waals surface area contributed by atoms with Crippen molar-refractivity contribution in [2.45, 2.75) is 30.9 Å². The number of likely N-dealkylation sites (tertiary alicyclic amines) is 1. The summed E-state index contributed by atoms with van der Waals surface area (Å²) in [6.07, 6.45) is 5.26. The second-order valence-electron chi connectivity index (χ2n) is 6.09. The van der Waals surface area contributed by atoms with Crippen LogP contribution < -0.4 is 5.32 Å². The molecule has 1 saturated carbocycles. The summed E-state index contributed by atoms with van der Waals surface area (Å²) in [5.74, 6) is 0.0530. The quantitative estimate of drug-likeness (QED) is 0.737. The van der Waals surface area contributed by atoms with Gasteiger partial charge in [0.05, 0.1) is 11.6 Å². The number of nitrogens with one attached hydrogen (secondary N) is 1. The average Bonchev–Trinajstić information content (AvgIpc) is 2.84. The van der Waals surface area contributed by atoms with Crippen LogP contribution in [0.4, 0.5) is 0 Å². The van der Waals surface area contributed by atoms with E-state index in [1.165, 1.54) is 6.33 Å². The van der Waals surface area contributed by atoms with Gasteiger partial charge >= 0.3 is 0 Å². The van der Waals surface area contributed by atoms with Crippen LogP contribution in [0.1, 0.15) is 19.3 Å². The third-order valence-corrected chi connectivity index (χ3v) is 4.38. The van der Waals surface area contributed by atoms with E-state index in [0.717, 1.165) is 19.4 Å². The zero-order valence-electron chi connectivity index (χ0n) is 11.7. The van der Waals surface area contributed by atoms with Crippen molar-refractivity contribution >= 4 is 5.91 Å². The van der Waals surface area contributed by atoms with Gasteiger partial charge in [0.2, 0.25) is 5.91 Å². The van der Waals surface area contributed by atoms with Gasteiger partial charge < -0.3 is 15.3 Å². The van der Waals surface area contributed by atoms with Crippen LogP contribution in [-0.4, -0.2) is 63.5 Å². The molecule has 7 heteroatoms. The number of hydrogen-bond donors (Lipinski definition) is 2. The molecule has 3 rings (SSSR count). The summed E-state index contributed by atoms with van der Waals surface area (Å²) >= 11 is 0. The first-order valence-corrected chi connectivity index (χ1v) is 7.07.